The van der Waals surface area contributed by atoms with E-state index in [1.165, 1.54) is 6.42 Å². The number of carbonyl (C=O) groups is 1. The average Bonchev–Trinajstić information content (AvgIpc) is 2.80. The van der Waals surface area contributed by atoms with Crippen molar-refractivity contribution in [3.63, 3.8) is 0 Å². The standard InChI is InChI=1S/C17H22N4O2/c1-3-23-13-10-12(17(13)6-4-7-17)19-16(22)14-11(2)20-21-9-5-8-18-15(14)21/h5,8-9,12-13H,3-4,6-7,10H2,1-2H3,(H,19,22). The maximum atomic E-state index is 12.8. The zero-order chi connectivity index (χ0) is 16.0. The topological polar surface area (TPSA) is 68.5 Å². The Hall–Kier alpha value is -1.95. The first-order valence-electron chi connectivity index (χ1n) is 8.38. The first-order valence-corrected chi connectivity index (χ1v) is 8.38. The van der Waals surface area contributed by atoms with Crippen molar-refractivity contribution < 1.29 is 9.53 Å². The third kappa shape index (κ3) is 2.08. The lowest BCUT2D eigenvalue weighted by molar-refractivity contribution is -0.169. The molecule has 2 aliphatic carbocycles. The van der Waals surface area contributed by atoms with Crippen molar-refractivity contribution in [2.45, 2.75) is 51.7 Å². The minimum atomic E-state index is -0.0672. The molecule has 6 nitrogen and oxygen atoms in total. The van der Waals surface area contributed by atoms with E-state index in [0.717, 1.165) is 25.9 Å². The molecule has 2 atom stereocenters. The first kappa shape index (κ1) is 14.6. The van der Waals surface area contributed by atoms with E-state index in [0.29, 0.717) is 23.0 Å². The smallest absolute Gasteiger partial charge is 0.257 e. The first-order chi connectivity index (χ1) is 11.2. The van der Waals surface area contributed by atoms with Gasteiger partial charge in [0.1, 0.15) is 5.56 Å². The van der Waals surface area contributed by atoms with E-state index in [-0.39, 0.29) is 17.4 Å². The molecule has 0 aliphatic heterocycles. The van der Waals surface area contributed by atoms with Crippen LogP contribution in [0, 0.1) is 12.3 Å². The van der Waals surface area contributed by atoms with Gasteiger partial charge < -0.3 is 10.1 Å². The predicted octanol–water partition coefficient (Wildman–Crippen LogP) is 2.12. The summed E-state index contributed by atoms with van der Waals surface area (Å²) in [5.41, 5.74) is 2.07. The maximum Gasteiger partial charge on any atom is 0.257 e. The van der Waals surface area contributed by atoms with Crippen LogP contribution < -0.4 is 5.32 Å². The van der Waals surface area contributed by atoms with Crippen LogP contribution in [-0.2, 0) is 4.74 Å². The summed E-state index contributed by atoms with van der Waals surface area (Å²) in [5.74, 6) is -0.0672. The number of amides is 1. The predicted molar refractivity (Wildman–Crippen MR) is 85.3 cm³/mol. The van der Waals surface area contributed by atoms with Gasteiger partial charge in [-0.2, -0.15) is 5.10 Å². The molecule has 0 aromatic carbocycles. The molecule has 2 fully saturated rings. The van der Waals surface area contributed by atoms with Crippen LogP contribution in [-0.4, -0.2) is 39.3 Å². The fraction of sp³-hybridized carbons (Fsp3) is 0.588. The number of aromatic nitrogens is 3. The maximum absolute atomic E-state index is 12.8. The summed E-state index contributed by atoms with van der Waals surface area (Å²) in [6, 6.07) is 2.02. The lowest BCUT2D eigenvalue weighted by Crippen LogP contribution is -2.67. The normalized spacial score (nSPS) is 25.1. The van der Waals surface area contributed by atoms with Crippen LogP contribution in [0.5, 0.6) is 0 Å². The quantitative estimate of drug-likeness (QED) is 0.938. The van der Waals surface area contributed by atoms with Crippen molar-refractivity contribution in [1.82, 2.24) is 19.9 Å². The molecule has 0 bridgehead atoms. The van der Waals surface area contributed by atoms with Crippen LogP contribution in [0.2, 0.25) is 0 Å². The molecule has 2 heterocycles. The van der Waals surface area contributed by atoms with Gasteiger partial charge in [0.25, 0.3) is 5.91 Å². The van der Waals surface area contributed by atoms with E-state index < -0.39 is 0 Å². The molecular formula is C17H22N4O2. The molecule has 1 spiro atoms. The summed E-state index contributed by atoms with van der Waals surface area (Å²) in [7, 11) is 0. The van der Waals surface area contributed by atoms with E-state index in [2.05, 4.69) is 15.4 Å². The molecule has 2 saturated carbocycles. The van der Waals surface area contributed by atoms with E-state index in [1.54, 1.807) is 10.7 Å². The molecule has 4 rings (SSSR count). The summed E-state index contributed by atoms with van der Waals surface area (Å²) in [4.78, 5) is 17.1. The van der Waals surface area contributed by atoms with Crippen LogP contribution in [0.3, 0.4) is 0 Å². The number of nitrogens with one attached hydrogen (secondary N) is 1. The van der Waals surface area contributed by atoms with Gasteiger partial charge in [-0.3, -0.25) is 4.79 Å². The largest absolute Gasteiger partial charge is 0.378 e. The van der Waals surface area contributed by atoms with Crippen LogP contribution in [0.4, 0.5) is 0 Å². The van der Waals surface area contributed by atoms with Crippen molar-refractivity contribution >= 4 is 11.6 Å². The number of ether oxygens (including phenoxy) is 1. The second-order valence-electron chi connectivity index (χ2n) is 6.64. The number of aryl methyl sites for hydroxylation is 1. The van der Waals surface area contributed by atoms with Crippen molar-refractivity contribution in [1.29, 1.82) is 0 Å². The van der Waals surface area contributed by atoms with Gasteiger partial charge in [-0.25, -0.2) is 9.50 Å². The van der Waals surface area contributed by atoms with E-state index in [9.17, 15) is 4.79 Å². The molecular weight excluding hydrogens is 292 g/mol. The number of hydrogen-bond acceptors (Lipinski definition) is 4. The number of fused-ring (bicyclic) bond motifs is 1. The highest BCUT2D eigenvalue weighted by Crippen LogP contribution is 2.57. The summed E-state index contributed by atoms with van der Waals surface area (Å²) >= 11 is 0. The Morgan fingerprint density at radius 2 is 2.35 bits per heavy atom. The van der Waals surface area contributed by atoms with Crippen LogP contribution in [0.1, 0.15) is 48.7 Å². The molecule has 0 radical (unpaired) electrons. The van der Waals surface area contributed by atoms with Gasteiger partial charge >= 0.3 is 0 Å². The third-order valence-electron chi connectivity index (χ3n) is 5.54. The highest BCUT2D eigenvalue weighted by molar-refractivity contribution is 6.01. The van der Waals surface area contributed by atoms with Gasteiger partial charge in [0.05, 0.1) is 11.8 Å². The van der Waals surface area contributed by atoms with Gasteiger partial charge in [0.15, 0.2) is 5.65 Å². The second-order valence-corrected chi connectivity index (χ2v) is 6.64. The van der Waals surface area contributed by atoms with Gasteiger partial charge in [-0.1, -0.05) is 6.42 Å². The van der Waals surface area contributed by atoms with Gasteiger partial charge in [-0.15, -0.1) is 0 Å². The van der Waals surface area contributed by atoms with Crippen LogP contribution >= 0.6 is 0 Å². The van der Waals surface area contributed by atoms with Gasteiger partial charge in [-0.05, 0) is 39.2 Å². The van der Waals surface area contributed by atoms with E-state index >= 15 is 0 Å². The summed E-state index contributed by atoms with van der Waals surface area (Å²) in [6.07, 6.45) is 8.24. The lowest BCUT2D eigenvalue weighted by Gasteiger charge is -2.60. The van der Waals surface area contributed by atoms with Crippen LogP contribution in [0.15, 0.2) is 18.5 Å². The molecule has 23 heavy (non-hydrogen) atoms. The molecule has 1 amide bonds. The van der Waals surface area contributed by atoms with Crippen molar-refractivity contribution in [3.8, 4) is 0 Å². The van der Waals surface area contributed by atoms with Crippen molar-refractivity contribution in [3.05, 3.63) is 29.7 Å². The van der Waals surface area contributed by atoms with Gasteiger partial charge in [0.2, 0.25) is 0 Å². The fourth-order valence-corrected chi connectivity index (χ4v) is 4.13. The number of nitrogens with zero attached hydrogens (tertiary/aromatic N) is 3. The lowest BCUT2D eigenvalue weighted by atomic mass is 9.51. The molecule has 2 unspecified atom stereocenters. The van der Waals surface area contributed by atoms with Crippen molar-refractivity contribution in [2.24, 2.45) is 5.41 Å². The second kappa shape index (κ2) is 5.30. The Morgan fingerprint density at radius 3 is 3.04 bits per heavy atom. The summed E-state index contributed by atoms with van der Waals surface area (Å²) in [5, 5.41) is 7.59. The monoisotopic (exact) mass is 314 g/mol. The summed E-state index contributed by atoms with van der Waals surface area (Å²) in [6.45, 7) is 4.63. The zero-order valence-electron chi connectivity index (χ0n) is 13.6. The van der Waals surface area contributed by atoms with E-state index in [1.807, 2.05) is 26.1 Å². The third-order valence-corrected chi connectivity index (χ3v) is 5.54. The average molecular weight is 314 g/mol. The minimum Gasteiger partial charge on any atom is -0.378 e. The minimum absolute atomic E-state index is 0.0672. The number of rotatable bonds is 4. The Bertz CT molecular complexity index is 750. The zero-order valence-corrected chi connectivity index (χ0v) is 13.6. The Balaban J connectivity index is 1.55. The Kier molecular flexibility index (Phi) is 3.37. The molecule has 2 aliphatic rings. The highest BCUT2D eigenvalue weighted by atomic mass is 16.5. The molecule has 0 saturated heterocycles. The SMILES string of the molecule is CCOC1CC(NC(=O)c2c(C)nn3cccnc23)C12CCC2. The van der Waals surface area contributed by atoms with E-state index in [4.69, 9.17) is 4.74 Å². The molecule has 2 aromatic rings. The molecule has 1 N–H and O–H groups in total. The number of hydrogen-bond donors (Lipinski definition) is 1. The molecule has 2 aromatic heterocycles. The number of carbonyl (C=O) groups excluding carboxylic acids is 1. The van der Waals surface area contributed by atoms with Gasteiger partial charge in [0, 0.05) is 30.5 Å². The Morgan fingerprint density at radius 1 is 1.52 bits per heavy atom. The molecule has 6 heteroatoms. The molecule has 122 valence electrons. The van der Waals surface area contributed by atoms with Crippen molar-refractivity contribution in [2.75, 3.05) is 6.61 Å². The fourth-order valence-electron chi connectivity index (χ4n) is 4.13. The Labute approximate surface area is 135 Å². The highest BCUT2D eigenvalue weighted by Gasteiger charge is 2.59. The summed E-state index contributed by atoms with van der Waals surface area (Å²) < 4.78 is 7.51. The van der Waals surface area contributed by atoms with Crippen LogP contribution in [0.25, 0.3) is 5.65 Å².